The second kappa shape index (κ2) is 7.35. The molecule has 26 heavy (non-hydrogen) atoms. The molecule has 0 unspecified atom stereocenters. The first kappa shape index (κ1) is 16.9. The standard InChI is InChI=1S/C20H15NO3S2/c22-19-17(16-9-5-11-25-16)18(26-13-14-6-2-1-3-7-14)20(23)21(19)12-15-8-4-10-24-15/h1-11H,12-13H2. The molecule has 3 heterocycles. The second-order valence-electron chi connectivity index (χ2n) is 5.73. The maximum Gasteiger partial charge on any atom is 0.268 e. The van der Waals surface area contributed by atoms with Gasteiger partial charge in [0.15, 0.2) is 0 Å². The lowest BCUT2D eigenvalue weighted by atomic mass is 10.2. The van der Waals surface area contributed by atoms with E-state index in [4.69, 9.17) is 4.42 Å². The normalized spacial score (nSPS) is 14.5. The number of carbonyl (C=O) groups excluding carboxylic acids is 2. The lowest BCUT2D eigenvalue weighted by Crippen LogP contribution is -2.30. The number of amides is 2. The number of furan rings is 1. The number of thiophene rings is 1. The molecule has 2 amide bonds. The van der Waals surface area contributed by atoms with E-state index in [1.165, 1.54) is 28.0 Å². The van der Waals surface area contributed by atoms with Crippen LogP contribution in [0.15, 0.2) is 75.6 Å². The highest BCUT2D eigenvalue weighted by molar-refractivity contribution is 8.03. The van der Waals surface area contributed by atoms with Crippen molar-refractivity contribution in [2.24, 2.45) is 0 Å². The quantitative estimate of drug-likeness (QED) is 0.588. The third-order valence-corrected chi connectivity index (χ3v) is 6.05. The van der Waals surface area contributed by atoms with Gasteiger partial charge >= 0.3 is 0 Å². The number of nitrogens with zero attached hydrogens (tertiary/aromatic N) is 1. The average molecular weight is 381 g/mol. The molecule has 6 heteroatoms. The van der Waals surface area contributed by atoms with Crippen LogP contribution < -0.4 is 0 Å². The minimum atomic E-state index is -0.260. The fourth-order valence-corrected chi connectivity index (χ4v) is 4.67. The first-order chi connectivity index (χ1) is 12.7. The van der Waals surface area contributed by atoms with E-state index < -0.39 is 0 Å². The third-order valence-electron chi connectivity index (χ3n) is 4.01. The van der Waals surface area contributed by atoms with Gasteiger partial charge in [-0.3, -0.25) is 14.5 Å². The van der Waals surface area contributed by atoms with Gasteiger partial charge in [0, 0.05) is 10.6 Å². The molecule has 0 saturated heterocycles. The molecule has 0 spiro atoms. The molecule has 3 aromatic rings. The van der Waals surface area contributed by atoms with Crippen molar-refractivity contribution in [3.05, 3.63) is 87.3 Å². The van der Waals surface area contributed by atoms with Crippen molar-refractivity contribution in [2.45, 2.75) is 12.3 Å². The number of benzene rings is 1. The van der Waals surface area contributed by atoms with E-state index in [2.05, 4.69) is 0 Å². The Labute approximate surface area is 159 Å². The number of hydrogen-bond acceptors (Lipinski definition) is 5. The van der Waals surface area contributed by atoms with Crippen LogP contribution in [0, 0.1) is 0 Å². The van der Waals surface area contributed by atoms with Crippen molar-refractivity contribution in [2.75, 3.05) is 0 Å². The summed E-state index contributed by atoms with van der Waals surface area (Å²) in [5.41, 5.74) is 1.61. The van der Waals surface area contributed by atoms with Gasteiger partial charge in [-0.1, -0.05) is 36.4 Å². The lowest BCUT2D eigenvalue weighted by Gasteiger charge is -2.13. The van der Waals surface area contributed by atoms with Gasteiger partial charge in [-0.2, -0.15) is 0 Å². The summed E-state index contributed by atoms with van der Waals surface area (Å²) in [7, 11) is 0. The molecule has 1 aliphatic rings. The van der Waals surface area contributed by atoms with Crippen LogP contribution >= 0.6 is 23.1 Å². The van der Waals surface area contributed by atoms with E-state index in [1.807, 2.05) is 47.8 Å². The van der Waals surface area contributed by atoms with Gasteiger partial charge in [-0.05, 0) is 29.1 Å². The van der Waals surface area contributed by atoms with Crippen molar-refractivity contribution in [1.82, 2.24) is 4.90 Å². The van der Waals surface area contributed by atoms with Crippen LogP contribution in [0.4, 0.5) is 0 Å². The van der Waals surface area contributed by atoms with Crippen LogP contribution in [0.3, 0.4) is 0 Å². The Bertz CT molecular complexity index is 944. The second-order valence-corrected chi connectivity index (χ2v) is 7.66. The Morgan fingerprint density at radius 3 is 2.50 bits per heavy atom. The molecule has 130 valence electrons. The van der Waals surface area contributed by atoms with Gasteiger partial charge in [0.1, 0.15) is 5.76 Å². The van der Waals surface area contributed by atoms with Gasteiger partial charge in [-0.25, -0.2) is 0 Å². The van der Waals surface area contributed by atoms with E-state index in [0.717, 1.165) is 10.4 Å². The largest absolute Gasteiger partial charge is 0.467 e. The number of carbonyl (C=O) groups is 2. The zero-order chi connectivity index (χ0) is 17.9. The fraction of sp³-hybridized carbons (Fsp3) is 0.100. The summed E-state index contributed by atoms with van der Waals surface area (Å²) in [5, 5.41) is 1.91. The van der Waals surface area contributed by atoms with Crippen molar-refractivity contribution in [1.29, 1.82) is 0 Å². The molecule has 1 aromatic carbocycles. The SMILES string of the molecule is O=C1C(SCc2ccccc2)=C(c2cccs2)C(=O)N1Cc1ccco1. The molecule has 4 rings (SSSR count). The fourth-order valence-electron chi connectivity index (χ4n) is 2.76. The van der Waals surface area contributed by atoms with E-state index in [0.29, 0.717) is 22.0 Å². The molecule has 0 saturated carbocycles. The summed E-state index contributed by atoms with van der Waals surface area (Å²) in [5.74, 6) is 0.713. The van der Waals surface area contributed by atoms with Crippen molar-refractivity contribution < 1.29 is 14.0 Å². The summed E-state index contributed by atoms with van der Waals surface area (Å²) >= 11 is 2.88. The number of thioether (sulfide) groups is 1. The van der Waals surface area contributed by atoms with Crippen LogP contribution in [0.1, 0.15) is 16.2 Å². The molecule has 0 fully saturated rings. The number of rotatable bonds is 6. The van der Waals surface area contributed by atoms with Crippen LogP contribution in [-0.4, -0.2) is 16.7 Å². The molecular weight excluding hydrogens is 366 g/mol. The predicted octanol–water partition coefficient (Wildman–Crippen LogP) is 4.55. The van der Waals surface area contributed by atoms with Gasteiger partial charge in [-0.15, -0.1) is 23.1 Å². The molecular formula is C20H15NO3S2. The maximum absolute atomic E-state index is 13.0. The Morgan fingerprint density at radius 1 is 0.962 bits per heavy atom. The Kier molecular flexibility index (Phi) is 4.77. The zero-order valence-electron chi connectivity index (χ0n) is 13.8. The van der Waals surface area contributed by atoms with Crippen LogP contribution in [0.5, 0.6) is 0 Å². The summed E-state index contributed by atoms with van der Waals surface area (Å²) in [6.07, 6.45) is 1.54. The minimum absolute atomic E-state index is 0.148. The molecule has 0 N–H and O–H groups in total. The number of hydrogen-bond donors (Lipinski definition) is 0. The van der Waals surface area contributed by atoms with Crippen molar-refractivity contribution in [3.8, 4) is 0 Å². The van der Waals surface area contributed by atoms with Crippen molar-refractivity contribution in [3.63, 3.8) is 0 Å². The van der Waals surface area contributed by atoms with E-state index in [-0.39, 0.29) is 18.4 Å². The van der Waals surface area contributed by atoms with Gasteiger partial charge in [0.05, 0.1) is 23.3 Å². The Morgan fingerprint density at radius 2 is 1.81 bits per heavy atom. The van der Waals surface area contributed by atoms with Crippen LogP contribution in [-0.2, 0) is 21.9 Å². The Balaban J connectivity index is 1.64. The topological polar surface area (TPSA) is 50.5 Å². The summed E-state index contributed by atoms with van der Waals surface area (Å²) in [6.45, 7) is 0.148. The van der Waals surface area contributed by atoms with Gasteiger partial charge in [0.2, 0.25) is 0 Å². The molecule has 0 bridgehead atoms. The summed E-state index contributed by atoms with van der Waals surface area (Å²) in [4.78, 5) is 28.5. The Hall–Kier alpha value is -2.57. The molecule has 0 radical (unpaired) electrons. The van der Waals surface area contributed by atoms with E-state index in [9.17, 15) is 9.59 Å². The number of imide groups is 1. The highest BCUT2D eigenvalue weighted by atomic mass is 32.2. The molecule has 2 aromatic heterocycles. The maximum atomic E-state index is 13.0. The molecule has 0 aliphatic carbocycles. The van der Waals surface area contributed by atoms with Gasteiger partial charge < -0.3 is 4.42 Å². The monoisotopic (exact) mass is 381 g/mol. The molecule has 1 aliphatic heterocycles. The highest BCUT2D eigenvalue weighted by Crippen LogP contribution is 2.39. The third kappa shape index (κ3) is 3.25. The summed E-state index contributed by atoms with van der Waals surface area (Å²) in [6, 6.07) is 17.2. The molecule has 4 nitrogen and oxygen atoms in total. The van der Waals surface area contributed by atoms with Crippen LogP contribution in [0.25, 0.3) is 5.57 Å². The van der Waals surface area contributed by atoms with Gasteiger partial charge in [0.25, 0.3) is 11.8 Å². The first-order valence-corrected chi connectivity index (χ1v) is 9.94. The van der Waals surface area contributed by atoms with E-state index >= 15 is 0 Å². The minimum Gasteiger partial charge on any atom is -0.467 e. The highest BCUT2D eigenvalue weighted by Gasteiger charge is 2.39. The van der Waals surface area contributed by atoms with Crippen molar-refractivity contribution >= 4 is 40.5 Å². The predicted molar refractivity (Wildman–Crippen MR) is 103 cm³/mol. The molecule has 0 atom stereocenters. The smallest absolute Gasteiger partial charge is 0.268 e. The zero-order valence-corrected chi connectivity index (χ0v) is 15.4. The lowest BCUT2D eigenvalue weighted by molar-refractivity contribution is -0.137. The van der Waals surface area contributed by atoms with E-state index in [1.54, 1.807) is 18.4 Å². The first-order valence-electron chi connectivity index (χ1n) is 8.07. The summed E-state index contributed by atoms with van der Waals surface area (Å²) < 4.78 is 5.31. The average Bonchev–Trinajstić information content (AvgIpc) is 3.40. The van der Waals surface area contributed by atoms with Crippen LogP contribution in [0.2, 0.25) is 0 Å².